The summed E-state index contributed by atoms with van der Waals surface area (Å²) in [6.45, 7) is 0. The number of hydrogen-bond acceptors (Lipinski definition) is 2. The number of benzene rings is 3. The first-order chi connectivity index (χ1) is 12.7. The van der Waals surface area contributed by atoms with Crippen molar-refractivity contribution in [1.29, 1.82) is 0 Å². The van der Waals surface area contributed by atoms with Crippen molar-refractivity contribution >= 4 is 22.4 Å². The molecule has 0 atom stereocenters. The number of nitrogens with one attached hydrogen (secondary N) is 1. The molecule has 26 heavy (non-hydrogen) atoms. The first-order valence-electron chi connectivity index (χ1n) is 8.47. The molecule has 4 heteroatoms. The molecule has 0 aliphatic rings. The molecule has 0 bridgehead atoms. The highest BCUT2D eigenvalue weighted by atomic mass is 35.5. The molecule has 0 aliphatic heterocycles. The maximum Gasteiger partial charge on any atom is 0.264 e. The lowest BCUT2D eigenvalue weighted by Gasteiger charge is -2.11. The Kier molecular flexibility index (Phi) is 4.55. The topological polar surface area (TPSA) is 45.8 Å². The fraction of sp³-hybridized carbons (Fsp3) is 0.0909. The minimum Gasteiger partial charge on any atom is -0.268 e. The van der Waals surface area contributed by atoms with E-state index in [0.717, 1.165) is 17.1 Å². The second kappa shape index (κ2) is 7.14. The molecule has 0 aliphatic carbocycles. The number of H-pyrrole nitrogens is 1. The fourth-order valence-electron chi connectivity index (χ4n) is 3.21. The standard InChI is InChI=1S/C22H17ClN2O/c23-19-7-5-15(6-8-19)11-18-13-16(12-17-3-1-2-4-21(17)18)14-20-9-10-22(26)25-24-20/h1-10,12-13H,11,14H2,(H,25,26). The molecule has 4 rings (SSSR count). The van der Waals surface area contributed by atoms with Gasteiger partial charge in [-0.1, -0.05) is 60.1 Å². The van der Waals surface area contributed by atoms with Crippen molar-refractivity contribution in [3.05, 3.63) is 111 Å². The summed E-state index contributed by atoms with van der Waals surface area (Å²) in [6.07, 6.45) is 1.51. The summed E-state index contributed by atoms with van der Waals surface area (Å²) in [5.41, 5.74) is 4.32. The number of nitrogens with zero attached hydrogens (tertiary/aromatic N) is 1. The molecule has 0 saturated heterocycles. The van der Waals surface area contributed by atoms with Crippen molar-refractivity contribution in [3.8, 4) is 0 Å². The smallest absolute Gasteiger partial charge is 0.264 e. The first-order valence-corrected chi connectivity index (χ1v) is 8.85. The van der Waals surface area contributed by atoms with Crippen LogP contribution in [0.15, 0.2) is 77.6 Å². The lowest BCUT2D eigenvalue weighted by atomic mass is 9.94. The number of fused-ring (bicyclic) bond motifs is 1. The van der Waals surface area contributed by atoms with Crippen molar-refractivity contribution in [2.24, 2.45) is 0 Å². The highest BCUT2D eigenvalue weighted by Gasteiger charge is 2.07. The van der Waals surface area contributed by atoms with E-state index in [0.29, 0.717) is 6.42 Å². The first kappa shape index (κ1) is 16.6. The van der Waals surface area contributed by atoms with E-state index < -0.39 is 0 Å². The number of halogens is 1. The molecule has 3 nitrogen and oxygen atoms in total. The van der Waals surface area contributed by atoms with Gasteiger partial charge in [-0.15, -0.1) is 0 Å². The van der Waals surface area contributed by atoms with Gasteiger partial charge in [-0.2, -0.15) is 5.10 Å². The quantitative estimate of drug-likeness (QED) is 0.570. The maximum atomic E-state index is 11.2. The third kappa shape index (κ3) is 3.68. The van der Waals surface area contributed by atoms with E-state index in [4.69, 9.17) is 11.6 Å². The molecule has 1 aromatic heterocycles. The van der Waals surface area contributed by atoms with Gasteiger partial charge in [-0.25, -0.2) is 5.10 Å². The second-order valence-electron chi connectivity index (χ2n) is 6.37. The monoisotopic (exact) mass is 360 g/mol. The van der Waals surface area contributed by atoms with Gasteiger partial charge in [0.25, 0.3) is 5.56 Å². The number of aromatic nitrogens is 2. The Balaban J connectivity index is 1.73. The summed E-state index contributed by atoms with van der Waals surface area (Å²) in [4.78, 5) is 11.2. The molecule has 128 valence electrons. The van der Waals surface area contributed by atoms with Crippen LogP contribution in [0, 0.1) is 0 Å². The summed E-state index contributed by atoms with van der Waals surface area (Å²) in [5.74, 6) is 0. The molecule has 4 aromatic rings. The third-order valence-corrected chi connectivity index (χ3v) is 4.69. The van der Waals surface area contributed by atoms with Crippen molar-refractivity contribution < 1.29 is 0 Å². The molecule has 0 saturated carbocycles. The largest absolute Gasteiger partial charge is 0.268 e. The van der Waals surface area contributed by atoms with Crippen molar-refractivity contribution in [1.82, 2.24) is 10.2 Å². The second-order valence-corrected chi connectivity index (χ2v) is 6.81. The predicted octanol–water partition coefficient (Wildman–Crippen LogP) is 4.76. The Morgan fingerprint density at radius 1 is 0.846 bits per heavy atom. The van der Waals surface area contributed by atoms with Gasteiger partial charge in [0.1, 0.15) is 0 Å². The van der Waals surface area contributed by atoms with Crippen LogP contribution in [-0.2, 0) is 12.8 Å². The Bertz CT molecular complexity index is 1100. The van der Waals surface area contributed by atoms with Crippen LogP contribution in [0.25, 0.3) is 10.8 Å². The van der Waals surface area contributed by atoms with Crippen molar-refractivity contribution in [3.63, 3.8) is 0 Å². The lowest BCUT2D eigenvalue weighted by Crippen LogP contribution is -2.07. The zero-order valence-corrected chi connectivity index (χ0v) is 14.8. The summed E-state index contributed by atoms with van der Waals surface area (Å²) < 4.78 is 0. The van der Waals surface area contributed by atoms with Crippen LogP contribution in [0.2, 0.25) is 5.02 Å². The van der Waals surface area contributed by atoms with Gasteiger partial charge in [0.15, 0.2) is 0 Å². The van der Waals surface area contributed by atoms with E-state index in [1.54, 1.807) is 6.07 Å². The molecular weight excluding hydrogens is 344 g/mol. The molecular formula is C22H17ClN2O. The average Bonchev–Trinajstić information content (AvgIpc) is 2.65. The molecule has 0 radical (unpaired) electrons. The van der Waals surface area contributed by atoms with Crippen LogP contribution in [0.5, 0.6) is 0 Å². The van der Waals surface area contributed by atoms with Crippen molar-refractivity contribution in [2.45, 2.75) is 12.8 Å². The summed E-state index contributed by atoms with van der Waals surface area (Å²) in [5, 5.41) is 9.83. The molecule has 0 fully saturated rings. The average molecular weight is 361 g/mol. The van der Waals surface area contributed by atoms with Crippen LogP contribution < -0.4 is 5.56 Å². The number of aromatic amines is 1. The molecule has 1 N–H and O–H groups in total. The molecule has 1 heterocycles. The van der Waals surface area contributed by atoms with Crippen LogP contribution >= 0.6 is 11.6 Å². The fourth-order valence-corrected chi connectivity index (χ4v) is 3.34. The van der Waals surface area contributed by atoms with Crippen LogP contribution in [0.4, 0.5) is 0 Å². The predicted molar refractivity (Wildman–Crippen MR) is 106 cm³/mol. The highest BCUT2D eigenvalue weighted by Crippen LogP contribution is 2.25. The van der Waals surface area contributed by atoms with E-state index in [1.165, 1.54) is 33.5 Å². The van der Waals surface area contributed by atoms with Crippen molar-refractivity contribution in [2.75, 3.05) is 0 Å². The molecule has 3 aromatic carbocycles. The van der Waals surface area contributed by atoms with Gasteiger partial charge < -0.3 is 0 Å². The van der Waals surface area contributed by atoms with Gasteiger partial charge in [-0.3, -0.25) is 4.79 Å². The minimum atomic E-state index is -0.185. The van der Waals surface area contributed by atoms with E-state index in [2.05, 4.69) is 58.7 Å². The number of hydrogen-bond donors (Lipinski definition) is 1. The summed E-state index contributed by atoms with van der Waals surface area (Å²) in [7, 11) is 0. The maximum absolute atomic E-state index is 11.2. The van der Waals surface area contributed by atoms with Crippen LogP contribution in [0.3, 0.4) is 0 Å². The van der Waals surface area contributed by atoms with Gasteiger partial charge in [0.2, 0.25) is 0 Å². The highest BCUT2D eigenvalue weighted by molar-refractivity contribution is 6.30. The Labute approximate surface area is 156 Å². The zero-order chi connectivity index (χ0) is 17.9. The third-order valence-electron chi connectivity index (χ3n) is 4.44. The van der Waals surface area contributed by atoms with Gasteiger partial charge in [-0.05, 0) is 52.1 Å². The van der Waals surface area contributed by atoms with Crippen LogP contribution in [0.1, 0.15) is 22.4 Å². The Hall–Kier alpha value is -2.91. The summed E-state index contributed by atoms with van der Waals surface area (Å²) in [6, 6.07) is 24.1. The van der Waals surface area contributed by atoms with Gasteiger partial charge in [0, 0.05) is 17.5 Å². The molecule has 0 unspecified atom stereocenters. The van der Waals surface area contributed by atoms with E-state index in [-0.39, 0.29) is 5.56 Å². The van der Waals surface area contributed by atoms with E-state index >= 15 is 0 Å². The Morgan fingerprint density at radius 3 is 2.42 bits per heavy atom. The molecule has 0 amide bonds. The number of rotatable bonds is 4. The lowest BCUT2D eigenvalue weighted by molar-refractivity contribution is 0.910. The SMILES string of the molecule is O=c1ccc(Cc2cc(Cc3ccc(Cl)cc3)c3ccccc3c2)n[nH]1. The zero-order valence-electron chi connectivity index (χ0n) is 14.1. The van der Waals surface area contributed by atoms with Gasteiger partial charge >= 0.3 is 0 Å². The summed E-state index contributed by atoms with van der Waals surface area (Å²) >= 11 is 6.00. The van der Waals surface area contributed by atoms with E-state index in [9.17, 15) is 4.79 Å². The minimum absolute atomic E-state index is 0.185. The van der Waals surface area contributed by atoms with E-state index in [1.807, 2.05) is 12.1 Å². The van der Waals surface area contributed by atoms with Gasteiger partial charge in [0.05, 0.1) is 5.69 Å². The molecule has 0 spiro atoms. The normalized spacial score (nSPS) is 11.0. The van der Waals surface area contributed by atoms with Crippen LogP contribution in [-0.4, -0.2) is 10.2 Å². The Morgan fingerprint density at radius 2 is 1.65 bits per heavy atom.